The molecule has 2 unspecified atom stereocenters. The Morgan fingerprint density at radius 1 is 1.17 bits per heavy atom. The smallest absolute Gasteiger partial charge is 0.282 e. The summed E-state index contributed by atoms with van der Waals surface area (Å²) in [5.74, 6) is 0.988. The molecule has 1 aliphatic carbocycles. The second-order valence-electron chi connectivity index (χ2n) is 9.48. The van der Waals surface area contributed by atoms with Gasteiger partial charge in [-0.1, -0.05) is 5.16 Å². The lowest BCUT2D eigenvalue weighted by Crippen LogP contribution is -2.61. The summed E-state index contributed by atoms with van der Waals surface area (Å²) in [6, 6.07) is 1.58. The van der Waals surface area contributed by atoms with Crippen LogP contribution in [0, 0.1) is 0 Å². The van der Waals surface area contributed by atoms with Gasteiger partial charge in [0.05, 0.1) is 0 Å². The Morgan fingerprint density at radius 3 is 2.50 bits per heavy atom. The first-order valence-electron chi connectivity index (χ1n) is 11.1. The summed E-state index contributed by atoms with van der Waals surface area (Å²) in [6.07, 6.45) is 5.20. The first kappa shape index (κ1) is 20.4. The van der Waals surface area contributed by atoms with Crippen molar-refractivity contribution in [2.45, 2.75) is 75.5 Å². The van der Waals surface area contributed by atoms with Crippen molar-refractivity contribution in [3.63, 3.8) is 0 Å². The molecule has 1 saturated carbocycles. The van der Waals surface area contributed by atoms with Gasteiger partial charge in [0.2, 0.25) is 0 Å². The fourth-order valence-electron chi connectivity index (χ4n) is 5.43. The number of aromatic nitrogens is 1. The third-order valence-corrected chi connectivity index (χ3v) is 9.34. The molecule has 2 bridgehead atoms. The van der Waals surface area contributed by atoms with Crippen molar-refractivity contribution in [3.8, 4) is 0 Å². The maximum absolute atomic E-state index is 13.5. The number of hydrogen-bond donors (Lipinski definition) is 1. The van der Waals surface area contributed by atoms with Crippen LogP contribution in [0.25, 0.3) is 0 Å². The van der Waals surface area contributed by atoms with Gasteiger partial charge in [-0.05, 0) is 52.5 Å². The molecule has 0 radical (unpaired) electrons. The number of piperazine rings is 1. The van der Waals surface area contributed by atoms with Gasteiger partial charge in [0.25, 0.3) is 16.1 Å². The number of carbonyl (C=O) groups is 1. The van der Waals surface area contributed by atoms with E-state index in [4.69, 9.17) is 4.52 Å². The molecule has 0 spiro atoms. The molecule has 4 fully saturated rings. The Balaban J connectivity index is 1.24. The lowest BCUT2D eigenvalue weighted by atomic mass is 9.99. The Morgan fingerprint density at radius 2 is 1.87 bits per heavy atom. The van der Waals surface area contributed by atoms with Gasteiger partial charge in [0, 0.05) is 55.8 Å². The molecule has 166 valence electrons. The van der Waals surface area contributed by atoms with Crippen LogP contribution in [0.4, 0.5) is 0 Å². The van der Waals surface area contributed by atoms with Crippen molar-refractivity contribution in [3.05, 3.63) is 17.5 Å². The minimum Gasteiger partial charge on any atom is -0.360 e. The molecule has 1 amide bonds. The van der Waals surface area contributed by atoms with Crippen molar-refractivity contribution < 1.29 is 17.7 Å². The zero-order valence-corrected chi connectivity index (χ0v) is 18.5. The third-order valence-electron chi connectivity index (χ3n) is 7.07. The lowest BCUT2D eigenvalue weighted by molar-refractivity contribution is 0.0894. The van der Waals surface area contributed by atoms with E-state index < -0.39 is 10.2 Å². The predicted octanol–water partition coefficient (Wildman–Crippen LogP) is 1.16. The highest BCUT2D eigenvalue weighted by Crippen LogP contribution is 2.41. The molecule has 5 rings (SSSR count). The molecule has 1 N–H and O–H groups in total. The fourth-order valence-corrected chi connectivity index (χ4v) is 7.64. The van der Waals surface area contributed by atoms with Crippen molar-refractivity contribution >= 4 is 16.1 Å². The monoisotopic (exact) mass is 437 g/mol. The second-order valence-corrected chi connectivity index (χ2v) is 11.3. The summed E-state index contributed by atoms with van der Waals surface area (Å²) >= 11 is 0. The molecule has 4 heterocycles. The average Bonchev–Trinajstić information content (AvgIpc) is 3.33. The van der Waals surface area contributed by atoms with Crippen LogP contribution in [0.3, 0.4) is 0 Å². The van der Waals surface area contributed by atoms with E-state index in [1.165, 1.54) is 0 Å². The molecular weight excluding hydrogens is 406 g/mol. The molecular formula is C20H31N5O4S. The highest BCUT2D eigenvalue weighted by atomic mass is 32.2. The number of rotatable bonds is 5. The van der Waals surface area contributed by atoms with E-state index in [-0.39, 0.29) is 30.1 Å². The van der Waals surface area contributed by atoms with Gasteiger partial charge in [0.15, 0.2) is 5.69 Å². The van der Waals surface area contributed by atoms with E-state index in [9.17, 15) is 13.2 Å². The van der Waals surface area contributed by atoms with Gasteiger partial charge in [-0.3, -0.25) is 4.79 Å². The largest absolute Gasteiger partial charge is 0.360 e. The zero-order valence-electron chi connectivity index (χ0n) is 17.7. The molecule has 4 atom stereocenters. The summed E-state index contributed by atoms with van der Waals surface area (Å²) in [4.78, 5) is 14.8. The maximum atomic E-state index is 13.5. The molecule has 30 heavy (non-hydrogen) atoms. The van der Waals surface area contributed by atoms with Crippen LogP contribution in [0.5, 0.6) is 0 Å². The van der Waals surface area contributed by atoms with Crippen molar-refractivity contribution in [1.82, 2.24) is 24.0 Å². The van der Waals surface area contributed by atoms with Gasteiger partial charge in [-0.2, -0.15) is 17.0 Å². The van der Waals surface area contributed by atoms with Gasteiger partial charge >= 0.3 is 0 Å². The topological polar surface area (TPSA) is 99.0 Å². The summed E-state index contributed by atoms with van der Waals surface area (Å²) < 4.78 is 35.6. The summed E-state index contributed by atoms with van der Waals surface area (Å²) in [5.41, 5.74) is 0.325. The number of piperidine rings is 1. The summed E-state index contributed by atoms with van der Waals surface area (Å²) in [6.45, 7) is 4.02. The van der Waals surface area contributed by atoms with E-state index in [0.717, 1.165) is 44.5 Å². The highest BCUT2D eigenvalue weighted by molar-refractivity contribution is 7.86. The number of hydrogen-bond acceptors (Lipinski definition) is 6. The van der Waals surface area contributed by atoms with E-state index >= 15 is 0 Å². The normalized spacial score (nSPS) is 33.7. The average molecular weight is 438 g/mol. The SMILES string of the molecule is CC1CN(C)CCN1S(=O)(=O)N1[C@@H]2CC[C@H]1CC(NC(=O)c1cc(C3CC3)on1)C2. The zero-order chi connectivity index (χ0) is 21.0. The van der Waals surface area contributed by atoms with Crippen molar-refractivity contribution in [2.75, 3.05) is 26.7 Å². The van der Waals surface area contributed by atoms with E-state index in [1.807, 2.05) is 14.0 Å². The van der Waals surface area contributed by atoms with Crippen LogP contribution < -0.4 is 5.32 Å². The van der Waals surface area contributed by atoms with E-state index in [1.54, 1.807) is 14.7 Å². The lowest BCUT2D eigenvalue weighted by Gasteiger charge is -2.44. The van der Waals surface area contributed by atoms with Crippen LogP contribution in [0.1, 0.15) is 67.6 Å². The molecule has 4 aliphatic rings. The number of fused-ring (bicyclic) bond motifs is 2. The van der Waals surface area contributed by atoms with Crippen molar-refractivity contribution in [1.29, 1.82) is 0 Å². The minimum absolute atomic E-state index is 0.0293. The Hall–Kier alpha value is -1.49. The van der Waals surface area contributed by atoms with Gasteiger partial charge in [0.1, 0.15) is 5.76 Å². The summed E-state index contributed by atoms with van der Waals surface area (Å²) in [7, 11) is -1.47. The summed E-state index contributed by atoms with van der Waals surface area (Å²) in [5, 5.41) is 6.99. The fraction of sp³-hybridized carbons (Fsp3) is 0.800. The Kier molecular flexibility index (Phi) is 5.16. The third kappa shape index (κ3) is 3.68. The molecule has 0 aromatic carbocycles. The van der Waals surface area contributed by atoms with Crippen LogP contribution in [-0.2, 0) is 10.2 Å². The second kappa shape index (κ2) is 7.58. The molecule has 3 saturated heterocycles. The van der Waals surface area contributed by atoms with E-state index in [0.29, 0.717) is 31.0 Å². The molecule has 1 aromatic heterocycles. The number of nitrogens with zero attached hydrogens (tertiary/aromatic N) is 4. The first-order chi connectivity index (χ1) is 14.3. The standard InChI is InChI=1S/C20H31N5O4S/c1-13-12-23(2)7-8-24(13)30(27,28)25-16-5-6-17(25)10-15(9-16)21-20(26)18-11-19(29-22-18)14-3-4-14/h11,13-17H,3-10,12H2,1-2H3,(H,21,26)/t13?,15?,16-,17+. The Labute approximate surface area is 177 Å². The first-order valence-corrected chi connectivity index (χ1v) is 12.5. The molecule has 1 aromatic rings. The van der Waals surface area contributed by atoms with Crippen LogP contribution in [0.2, 0.25) is 0 Å². The maximum Gasteiger partial charge on any atom is 0.282 e. The molecule has 10 heteroatoms. The van der Waals surface area contributed by atoms with Crippen LogP contribution in [-0.4, -0.2) is 83.8 Å². The molecule has 9 nitrogen and oxygen atoms in total. The Bertz CT molecular complexity index is 900. The molecule has 3 aliphatic heterocycles. The highest BCUT2D eigenvalue weighted by Gasteiger charge is 2.50. The van der Waals surface area contributed by atoms with Crippen molar-refractivity contribution in [2.24, 2.45) is 0 Å². The number of nitrogens with one attached hydrogen (secondary N) is 1. The van der Waals surface area contributed by atoms with Gasteiger partial charge < -0.3 is 14.7 Å². The number of likely N-dealkylation sites (N-methyl/N-ethyl adjacent to an activating group) is 1. The van der Waals surface area contributed by atoms with Gasteiger partial charge in [-0.25, -0.2) is 0 Å². The van der Waals surface area contributed by atoms with Crippen LogP contribution >= 0.6 is 0 Å². The van der Waals surface area contributed by atoms with E-state index in [2.05, 4.69) is 15.4 Å². The van der Waals surface area contributed by atoms with Crippen LogP contribution in [0.15, 0.2) is 10.6 Å². The quantitative estimate of drug-likeness (QED) is 0.742. The number of amides is 1. The minimum atomic E-state index is -3.50. The number of carbonyl (C=O) groups excluding carboxylic acids is 1. The van der Waals surface area contributed by atoms with Gasteiger partial charge in [-0.15, -0.1) is 0 Å². The predicted molar refractivity (Wildman–Crippen MR) is 110 cm³/mol.